The van der Waals surface area contributed by atoms with Crippen LogP contribution >= 0.6 is 27.5 Å². The molecule has 2 atom stereocenters. The van der Waals surface area contributed by atoms with Crippen LogP contribution in [0.4, 0.5) is 0 Å². The van der Waals surface area contributed by atoms with Crippen molar-refractivity contribution >= 4 is 38.6 Å². The fraction of sp³-hybridized carbons (Fsp3) is 0.278. The second-order valence-electron chi connectivity index (χ2n) is 6.14. The van der Waals surface area contributed by atoms with Crippen molar-refractivity contribution in [3.63, 3.8) is 0 Å². The molecule has 0 unspecified atom stereocenters. The van der Waals surface area contributed by atoms with Crippen molar-refractivity contribution in [2.24, 2.45) is 5.73 Å². The summed E-state index contributed by atoms with van der Waals surface area (Å²) in [5.74, 6) is 1.70. The summed E-state index contributed by atoms with van der Waals surface area (Å²) in [5.41, 5.74) is 10.5. The Morgan fingerprint density at radius 3 is 2.88 bits per heavy atom. The Morgan fingerprint density at radius 2 is 2.12 bits per heavy atom. The van der Waals surface area contributed by atoms with Gasteiger partial charge in [0.15, 0.2) is 0 Å². The maximum absolute atomic E-state index is 6.54. The Morgan fingerprint density at radius 1 is 1.33 bits per heavy atom. The van der Waals surface area contributed by atoms with Gasteiger partial charge in [-0.1, -0.05) is 33.6 Å². The van der Waals surface area contributed by atoms with E-state index in [-0.39, 0.29) is 12.1 Å². The van der Waals surface area contributed by atoms with Gasteiger partial charge in [0.1, 0.15) is 11.6 Å². The number of methoxy groups -OCH3 is 1. The van der Waals surface area contributed by atoms with Gasteiger partial charge >= 0.3 is 0 Å². The summed E-state index contributed by atoms with van der Waals surface area (Å²) in [5, 5.41) is 0.738. The molecule has 6 heteroatoms. The van der Waals surface area contributed by atoms with E-state index in [1.54, 1.807) is 7.11 Å². The van der Waals surface area contributed by atoms with E-state index >= 15 is 0 Å². The zero-order valence-corrected chi connectivity index (χ0v) is 15.7. The highest BCUT2D eigenvalue weighted by atomic mass is 79.9. The Labute approximate surface area is 153 Å². The van der Waals surface area contributed by atoms with Crippen LogP contribution in [0, 0.1) is 6.92 Å². The van der Waals surface area contributed by atoms with Crippen LogP contribution in [0.25, 0.3) is 11.0 Å². The molecule has 1 aliphatic heterocycles. The molecule has 124 valence electrons. The van der Waals surface area contributed by atoms with Gasteiger partial charge in [0.2, 0.25) is 0 Å². The molecule has 1 aliphatic rings. The van der Waals surface area contributed by atoms with Crippen molar-refractivity contribution in [3.05, 3.63) is 56.8 Å². The third-order valence-electron chi connectivity index (χ3n) is 4.70. The number of halogens is 2. The first kappa shape index (κ1) is 15.9. The van der Waals surface area contributed by atoms with Crippen molar-refractivity contribution in [1.29, 1.82) is 0 Å². The third-order valence-corrected chi connectivity index (χ3v) is 6.08. The molecule has 24 heavy (non-hydrogen) atoms. The normalized spacial score (nSPS) is 19.7. The maximum Gasteiger partial charge on any atom is 0.127 e. The van der Waals surface area contributed by atoms with Gasteiger partial charge in [-0.25, -0.2) is 4.98 Å². The zero-order chi connectivity index (χ0) is 17.0. The fourth-order valence-electron chi connectivity index (χ4n) is 3.49. The number of aryl methyl sites for hydroxylation is 1. The van der Waals surface area contributed by atoms with Gasteiger partial charge in [-0.15, -0.1) is 0 Å². The minimum atomic E-state index is -0.114. The van der Waals surface area contributed by atoms with Crippen molar-refractivity contribution in [2.75, 3.05) is 7.11 Å². The van der Waals surface area contributed by atoms with E-state index in [0.29, 0.717) is 0 Å². The molecule has 1 aromatic heterocycles. The summed E-state index contributed by atoms with van der Waals surface area (Å²) in [4.78, 5) is 4.73. The van der Waals surface area contributed by atoms with Crippen LogP contribution in [0.3, 0.4) is 0 Å². The first-order chi connectivity index (χ1) is 11.5. The molecule has 0 amide bonds. The number of rotatable bonds is 2. The molecule has 3 aromatic rings. The number of imidazole rings is 1. The van der Waals surface area contributed by atoms with Crippen molar-refractivity contribution in [3.8, 4) is 5.75 Å². The Bertz CT molecular complexity index is 953. The van der Waals surface area contributed by atoms with Crippen LogP contribution in [0.5, 0.6) is 5.75 Å². The number of hydrogen-bond acceptors (Lipinski definition) is 3. The van der Waals surface area contributed by atoms with Crippen LogP contribution in [-0.2, 0) is 0 Å². The number of nitrogens with zero attached hydrogens (tertiary/aromatic N) is 2. The lowest BCUT2D eigenvalue weighted by Crippen LogP contribution is -2.08. The summed E-state index contributed by atoms with van der Waals surface area (Å²) < 4.78 is 8.61. The average Bonchev–Trinajstić information content (AvgIpc) is 3.09. The monoisotopic (exact) mass is 405 g/mol. The number of fused-ring (bicyclic) bond motifs is 3. The third kappa shape index (κ3) is 2.26. The van der Waals surface area contributed by atoms with Gasteiger partial charge in [-0.05, 0) is 37.1 Å². The number of benzene rings is 2. The SMILES string of the molecule is COc1ccc2nc3n(c2c1)[C@@H](c1c(Cl)ccc(C)c1Br)C[C@H]3N. The lowest BCUT2D eigenvalue weighted by atomic mass is 10.0. The van der Waals surface area contributed by atoms with Crippen molar-refractivity contribution < 1.29 is 4.74 Å². The summed E-state index contributed by atoms with van der Waals surface area (Å²) in [6.07, 6.45) is 0.775. The van der Waals surface area contributed by atoms with Crippen LogP contribution in [0.1, 0.15) is 35.5 Å². The molecule has 4 nitrogen and oxygen atoms in total. The number of aromatic nitrogens is 2. The van der Waals surface area contributed by atoms with E-state index < -0.39 is 0 Å². The predicted octanol–water partition coefficient (Wildman–Crippen LogP) is 4.76. The smallest absolute Gasteiger partial charge is 0.127 e. The lowest BCUT2D eigenvalue weighted by Gasteiger charge is -2.19. The molecular weight excluding hydrogens is 390 g/mol. The maximum atomic E-state index is 6.54. The Kier molecular flexibility index (Phi) is 3.82. The Hall–Kier alpha value is -1.56. The van der Waals surface area contributed by atoms with E-state index in [1.165, 1.54) is 0 Å². The molecule has 2 heterocycles. The quantitative estimate of drug-likeness (QED) is 0.667. The van der Waals surface area contributed by atoms with Crippen molar-refractivity contribution in [2.45, 2.75) is 25.4 Å². The molecule has 0 spiro atoms. The molecular formula is C18H17BrClN3O. The average molecular weight is 407 g/mol. The van der Waals surface area contributed by atoms with Crippen LogP contribution in [-0.4, -0.2) is 16.7 Å². The largest absolute Gasteiger partial charge is 0.497 e. The minimum absolute atomic E-state index is 0.0499. The van der Waals surface area contributed by atoms with Crippen LogP contribution in [0.15, 0.2) is 34.8 Å². The van der Waals surface area contributed by atoms with Crippen molar-refractivity contribution in [1.82, 2.24) is 9.55 Å². The molecule has 0 bridgehead atoms. The molecule has 0 saturated carbocycles. The molecule has 0 radical (unpaired) electrons. The van der Waals surface area contributed by atoms with Crippen LogP contribution < -0.4 is 10.5 Å². The summed E-state index contributed by atoms with van der Waals surface area (Å²) in [6.45, 7) is 2.06. The van der Waals surface area contributed by atoms with Gasteiger partial charge < -0.3 is 15.0 Å². The molecule has 2 N–H and O–H groups in total. The lowest BCUT2D eigenvalue weighted by molar-refractivity contribution is 0.415. The van der Waals surface area contributed by atoms with E-state index in [4.69, 9.17) is 27.1 Å². The minimum Gasteiger partial charge on any atom is -0.497 e. The number of ether oxygens (including phenoxy) is 1. The van der Waals surface area contributed by atoms with Gasteiger partial charge in [0.25, 0.3) is 0 Å². The standard InChI is InChI=1S/C18H17BrClN3O/c1-9-3-5-11(20)16(17(9)19)15-8-12(21)18-22-13-6-4-10(24-2)7-14(13)23(15)18/h3-7,12,15H,8,21H2,1-2H3/t12-,15-/m1/s1. The summed E-state index contributed by atoms with van der Waals surface area (Å²) >= 11 is 10.3. The highest BCUT2D eigenvalue weighted by molar-refractivity contribution is 9.10. The second-order valence-corrected chi connectivity index (χ2v) is 7.34. The topological polar surface area (TPSA) is 53.1 Å². The number of hydrogen-bond donors (Lipinski definition) is 1. The molecule has 0 saturated heterocycles. The fourth-order valence-corrected chi connectivity index (χ4v) is 4.50. The van der Waals surface area contributed by atoms with Gasteiger partial charge in [0, 0.05) is 21.1 Å². The molecule has 0 fully saturated rings. The predicted molar refractivity (Wildman–Crippen MR) is 99.9 cm³/mol. The summed E-state index contributed by atoms with van der Waals surface area (Å²) in [7, 11) is 1.67. The first-order valence-corrected chi connectivity index (χ1v) is 8.94. The van der Waals surface area contributed by atoms with E-state index in [1.807, 2.05) is 30.3 Å². The Balaban J connectivity index is 1.98. The van der Waals surface area contributed by atoms with Gasteiger partial charge in [-0.3, -0.25) is 0 Å². The van der Waals surface area contributed by atoms with Gasteiger partial charge in [-0.2, -0.15) is 0 Å². The van der Waals surface area contributed by atoms with Crippen LogP contribution in [0.2, 0.25) is 5.02 Å². The van der Waals surface area contributed by atoms with E-state index in [9.17, 15) is 0 Å². The number of nitrogens with two attached hydrogens (primary N) is 1. The van der Waals surface area contributed by atoms with E-state index in [0.717, 1.165) is 49.7 Å². The second kappa shape index (κ2) is 5.76. The summed E-state index contributed by atoms with van der Waals surface area (Å²) in [6, 6.07) is 9.79. The van der Waals surface area contributed by atoms with E-state index in [2.05, 4.69) is 27.4 Å². The molecule has 2 aromatic carbocycles. The molecule has 4 rings (SSSR count). The zero-order valence-electron chi connectivity index (χ0n) is 13.4. The van der Waals surface area contributed by atoms with Gasteiger partial charge in [0.05, 0.1) is 30.2 Å². The first-order valence-electron chi connectivity index (χ1n) is 7.77. The highest BCUT2D eigenvalue weighted by Crippen LogP contribution is 2.45. The highest BCUT2D eigenvalue weighted by Gasteiger charge is 2.35. The molecule has 0 aliphatic carbocycles.